The lowest BCUT2D eigenvalue weighted by Crippen LogP contribution is -1.77. The average Bonchev–Trinajstić information content (AvgIpc) is 2.63. The highest BCUT2D eigenvalue weighted by molar-refractivity contribution is 5.73. The molecule has 2 rings (SSSR count). The molecule has 0 amide bonds. The molecule has 0 radical (unpaired) electrons. The number of hydrogen-bond donors (Lipinski definition) is 0. The van der Waals surface area contributed by atoms with Gasteiger partial charge in [0, 0.05) is 11.8 Å². The summed E-state index contributed by atoms with van der Waals surface area (Å²) in [5.74, 6) is 0.915. The summed E-state index contributed by atoms with van der Waals surface area (Å²) in [6.45, 7) is 11.9. The minimum absolute atomic E-state index is 0.869. The molecule has 2 heteroatoms. The predicted molar refractivity (Wildman–Crippen MR) is 66.2 cm³/mol. The van der Waals surface area contributed by atoms with Crippen molar-refractivity contribution in [3.05, 3.63) is 29.7 Å². The molecule has 0 atom stereocenters. The molecule has 2 nitrogen and oxygen atoms in total. The largest absolute Gasteiger partial charge is 0.460 e. The fourth-order valence-corrected chi connectivity index (χ4v) is 1.15. The van der Waals surface area contributed by atoms with Crippen LogP contribution in [-0.2, 0) is 0 Å². The second-order valence-corrected chi connectivity index (χ2v) is 2.69. The Bertz CT molecular complexity index is 390. The number of hydrogen-bond acceptors (Lipinski definition) is 2. The van der Waals surface area contributed by atoms with Crippen LogP contribution in [0.5, 0.6) is 0 Å². The van der Waals surface area contributed by atoms with E-state index in [1.54, 1.807) is 0 Å². The average molecular weight is 207 g/mol. The number of aryl methyl sites for hydroxylation is 2. The van der Waals surface area contributed by atoms with Crippen molar-refractivity contribution in [3.8, 4) is 0 Å². The molecule has 0 N–H and O–H groups in total. The van der Waals surface area contributed by atoms with Crippen LogP contribution >= 0.6 is 0 Å². The first-order valence-corrected chi connectivity index (χ1v) is 5.59. The highest BCUT2D eigenvalue weighted by Gasteiger charge is 1.99. The zero-order valence-corrected chi connectivity index (χ0v) is 10.6. The number of aromatic nitrogens is 1. The first-order chi connectivity index (χ1) is 7.25. The topological polar surface area (TPSA) is 26.0 Å². The number of nitrogens with zero attached hydrogens (tertiary/aromatic N) is 1. The smallest absolute Gasteiger partial charge is 0.152 e. The van der Waals surface area contributed by atoms with Crippen molar-refractivity contribution in [1.82, 2.24) is 4.98 Å². The maximum Gasteiger partial charge on any atom is 0.152 e. The van der Waals surface area contributed by atoms with Crippen LogP contribution < -0.4 is 0 Å². The van der Waals surface area contributed by atoms with Gasteiger partial charge in [-0.15, -0.1) is 0 Å². The molecule has 2 heterocycles. The summed E-state index contributed by atoms with van der Waals surface area (Å²) in [4.78, 5) is 4.30. The van der Waals surface area contributed by atoms with Crippen molar-refractivity contribution in [2.24, 2.45) is 0 Å². The van der Waals surface area contributed by atoms with Crippen molar-refractivity contribution in [1.29, 1.82) is 0 Å². The van der Waals surface area contributed by atoms with Gasteiger partial charge in [-0.25, -0.2) is 4.98 Å². The first-order valence-electron chi connectivity index (χ1n) is 5.59. The van der Waals surface area contributed by atoms with Crippen molar-refractivity contribution in [3.63, 3.8) is 0 Å². The third-order valence-corrected chi connectivity index (χ3v) is 1.64. The quantitative estimate of drug-likeness (QED) is 0.635. The predicted octanol–water partition coefficient (Wildman–Crippen LogP) is 4.50. The third-order valence-electron chi connectivity index (χ3n) is 1.64. The maximum atomic E-state index is 5.36. The van der Waals surface area contributed by atoms with E-state index in [1.807, 2.05) is 59.7 Å². The molecule has 0 saturated carbocycles. The number of fused-ring (bicyclic) bond motifs is 1. The Labute approximate surface area is 92.3 Å². The number of furan rings is 1. The summed E-state index contributed by atoms with van der Waals surface area (Å²) in [7, 11) is 0. The highest BCUT2D eigenvalue weighted by atomic mass is 16.3. The van der Waals surface area contributed by atoms with Crippen LogP contribution in [0.15, 0.2) is 22.6 Å². The van der Waals surface area contributed by atoms with Gasteiger partial charge in [-0.2, -0.15) is 0 Å². The Morgan fingerprint density at radius 1 is 1.00 bits per heavy atom. The molecule has 0 spiro atoms. The minimum Gasteiger partial charge on any atom is -0.460 e. The van der Waals surface area contributed by atoms with Gasteiger partial charge in [0.25, 0.3) is 0 Å². The second kappa shape index (κ2) is 7.04. The van der Waals surface area contributed by atoms with E-state index in [0.29, 0.717) is 0 Å². The maximum absolute atomic E-state index is 5.36. The zero-order valence-electron chi connectivity index (χ0n) is 10.6. The number of rotatable bonds is 0. The molecule has 2 aromatic heterocycles. The molecule has 0 saturated heterocycles. The summed E-state index contributed by atoms with van der Waals surface area (Å²) in [5, 5.41) is 0. The van der Waals surface area contributed by atoms with E-state index in [4.69, 9.17) is 4.42 Å². The van der Waals surface area contributed by atoms with Crippen LogP contribution in [0.25, 0.3) is 11.1 Å². The molecule has 2 aromatic rings. The van der Waals surface area contributed by atoms with E-state index < -0.39 is 0 Å². The lowest BCUT2D eigenvalue weighted by Gasteiger charge is -1.88. The Morgan fingerprint density at radius 2 is 1.60 bits per heavy atom. The fourth-order valence-electron chi connectivity index (χ4n) is 1.15. The van der Waals surface area contributed by atoms with Crippen molar-refractivity contribution >= 4 is 11.1 Å². The van der Waals surface area contributed by atoms with E-state index in [-0.39, 0.29) is 0 Å². The summed E-state index contributed by atoms with van der Waals surface area (Å²) in [6, 6.07) is 5.85. The van der Waals surface area contributed by atoms with Gasteiger partial charge >= 0.3 is 0 Å². The Kier molecular flexibility index (Phi) is 6.43. The molecule has 0 aliphatic rings. The van der Waals surface area contributed by atoms with Crippen LogP contribution in [0.3, 0.4) is 0 Å². The van der Waals surface area contributed by atoms with Crippen LogP contribution in [0.1, 0.15) is 39.1 Å². The Morgan fingerprint density at radius 3 is 2.20 bits per heavy atom. The van der Waals surface area contributed by atoms with Gasteiger partial charge in [-0.3, -0.25) is 0 Å². The van der Waals surface area contributed by atoms with E-state index in [1.165, 1.54) is 0 Å². The van der Waals surface area contributed by atoms with Gasteiger partial charge < -0.3 is 4.42 Å². The molecule has 0 bridgehead atoms. The minimum atomic E-state index is 0.869. The lowest BCUT2D eigenvalue weighted by molar-refractivity contribution is 0.578. The van der Waals surface area contributed by atoms with Crippen LogP contribution in [0.2, 0.25) is 0 Å². The van der Waals surface area contributed by atoms with E-state index in [0.717, 1.165) is 22.6 Å². The molecule has 0 unspecified atom stereocenters. The molecule has 0 aromatic carbocycles. The molecule has 84 valence electrons. The van der Waals surface area contributed by atoms with Crippen LogP contribution in [0.4, 0.5) is 0 Å². The Balaban J connectivity index is 0.000000442. The van der Waals surface area contributed by atoms with Gasteiger partial charge in [0.15, 0.2) is 5.58 Å². The molecule has 0 aliphatic carbocycles. The molecule has 0 aliphatic heterocycles. The Hall–Kier alpha value is -1.31. The van der Waals surface area contributed by atoms with Crippen LogP contribution in [-0.4, -0.2) is 4.98 Å². The van der Waals surface area contributed by atoms with Gasteiger partial charge in [0.1, 0.15) is 11.3 Å². The lowest BCUT2D eigenvalue weighted by atomic mass is 10.3. The monoisotopic (exact) mass is 207 g/mol. The summed E-state index contributed by atoms with van der Waals surface area (Å²) in [6.07, 6.45) is 0. The second-order valence-electron chi connectivity index (χ2n) is 2.69. The van der Waals surface area contributed by atoms with Gasteiger partial charge in [-0.05, 0) is 26.0 Å². The molecule has 0 fully saturated rings. The van der Waals surface area contributed by atoms with E-state index in [2.05, 4.69) is 4.98 Å². The van der Waals surface area contributed by atoms with Gasteiger partial charge in [0.2, 0.25) is 0 Å². The molecular formula is C13H21NO. The third kappa shape index (κ3) is 3.74. The van der Waals surface area contributed by atoms with Crippen molar-refractivity contribution < 1.29 is 4.42 Å². The summed E-state index contributed by atoms with van der Waals surface area (Å²) in [5.41, 5.74) is 2.84. The first kappa shape index (κ1) is 13.7. The van der Waals surface area contributed by atoms with Gasteiger partial charge in [-0.1, -0.05) is 27.7 Å². The van der Waals surface area contributed by atoms with Gasteiger partial charge in [0.05, 0.1) is 0 Å². The normalized spacial score (nSPS) is 8.67. The number of pyridine rings is 1. The molecular weight excluding hydrogens is 186 g/mol. The van der Waals surface area contributed by atoms with E-state index >= 15 is 0 Å². The van der Waals surface area contributed by atoms with Crippen LogP contribution in [0, 0.1) is 13.8 Å². The van der Waals surface area contributed by atoms with Crippen molar-refractivity contribution in [2.75, 3.05) is 0 Å². The highest BCUT2D eigenvalue weighted by Crippen LogP contribution is 2.16. The summed E-state index contributed by atoms with van der Waals surface area (Å²) >= 11 is 0. The van der Waals surface area contributed by atoms with Crippen molar-refractivity contribution in [2.45, 2.75) is 41.5 Å². The fraction of sp³-hybridized carbons (Fsp3) is 0.462. The molecule has 15 heavy (non-hydrogen) atoms. The van der Waals surface area contributed by atoms with E-state index in [9.17, 15) is 0 Å². The summed E-state index contributed by atoms with van der Waals surface area (Å²) < 4.78 is 5.36. The SMILES string of the molecule is CC.CC.Cc1ccc2oc(C)cc2n1. The zero-order chi connectivity index (χ0) is 11.8. The standard InChI is InChI=1S/C9H9NO.2C2H6/c1-6-3-4-9-8(10-6)5-7(2)11-9;2*1-2/h3-5H,1-2H3;2*1-2H3.